The zero-order chi connectivity index (χ0) is 15.6. The Bertz CT molecular complexity index is 530. The molecule has 2 saturated heterocycles. The van der Waals surface area contributed by atoms with Crippen molar-refractivity contribution in [3.8, 4) is 0 Å². The van der Waals surface area contributed by atoms with E-state index in [1.54, 1.807) is 11.3 Å². The van der Waals surface area contributed by atoms with E-state index in [1.165, 1.54) is 4.88 Å². The van der Waals surface area contributed by atoms with Crippen LogP contribution in [0.2, 0.25) is 0 Å². The van der Waals surface area contributed by atoms with Gasteiger partial charge in [-0.3, -0.25) is 9.69 Å². The fourth-order valence-electron chi connectivity index (χ4n) is 3.00. The second-order valence-corrected chi connectivity index (χ2v) is 6.99. The first kappa shape index (κ1) is 15.9. The molecule has 0 unspecified atom stereocenters. The van der Waals surface area contributed by atoms with Crippen molar-refractivity contribution in [2.75, 3.05) is 46.0 Å². The van der Waals surface area contributed by atoms with E-state index in [-0.39, 0.29) is 5.91 Å². The molecule has 0 spiro atoms. The molecule has 1 atom stereocenters. The number of ether oxygens (including phenoxy) is 2. The summed E-state index contributed by atoms with van der Waals surface area (Å²) in [6, 6.07) is 0. The number of aromatic nitrogens is 1. The molecule has 7 heteroatoms. The van der Waals surface area contributed by atoms with Crippen molar-refractivity contribution in [3.63, 3.8) is 0 Å². The molecule has 122 valence electrons. The third-order valence-electron chi connectivity index (χ3n) is 4.32. The SMILES string of the molecule is Cc1ncsc1CN1CCO[C@](C)(C(=O)N2CCOCC2)C1. The summed E-state index contributed by atoms with van der Waals surface area (Å²) in [5.41, 5.74) is 2.20. The normalized spacial score (nSPS) is 27.1. The van der Waals surface area contributed by atoms with Crippen LogP contribution in [0, 0.1) is 6.92 Å². The minimum absolute atomic E-state index is 0.0847. The zero-order valence-electron chi connectivity index (χ0n) is 13.2. The van der Waals surface area contributed by atoms with Crippen LogP contribution in [0.15, 0.2) is 5.51 Å². The summed E-state index contributed by atoms with van der Waals surface area (Å²) >= 11 is 1.67. The van der Waals surface area contributed by atoms with E-state index in [1.807, 2.05) is 24.3 Å². The standard InChI is InChI=1S/C15H23N3O3S/c1-12-13(22-11-16-12)9-17-3-8-21-15(2,10-17)14(19)18-4-6-20-7-5-18/h11H,3-10H2,1-2H3/t15-/m0/s1. The number of hydrogen-bond acceptors (Lipinski definition) is 6. The van der Waals surface area contributed by atoms with E-state index in [9.17, 15) is 4.79 Å². The van der Waals surface area contributed by atoms with Gasteiger partial charge in [0.2, 0.25) is 0 Å². The van der Waals surface area contributed by atoms with Crippen LogP contribution in [0.3, 0.4) is 0 Å². The van der Waals surface area contributed by atoms with Crippen molar-refractivity contribution in [3.05, 3.63) is 16.1 Å². The first-order chi connectivity index (χ1) is 10.6. The van der Waals surface area contributed by atoms with Gasteiger partial charge in [0.15, 0.2) is 5.60 Å². The van der Waals surface area contributed by atoms with Crippen molar-refractivity contribution in [1.82, 2.24) is 14.8 Å². The highest BCUT2D eigenvalue weighted by atomic mass is 32.1. The third kappa shape index (κ3) is 3.32. The minimum Gasteiger partial charge on any atom is -0.378 e. The molecule has 0 bridgehead atoms. The molecule has 1 aromatic rings. The number of thiazole rings is 1. The fraction of sp³-hybridized carbons (Fsp3) is 0.733. The molecule has 1 aromatic heterocycles. The van der Waals surface area contributed by atoms with Gasteiger partial charge in [-0.2, -0.15) is 0 Å². The van der Waals surface area contributed by atoms with E-state index >= 15 is 0 Å². The Balaban J connectivity index is 1.65. The number of rotatable bonds is 3. The zero-order valence-corrected chi connectivity index (χ0v) is 14.0. The van der Waals surface area contributed by atoms with Crippen LogP contribution in [0.1, 0.15) is 17.5 Å². The highest BCUT2D eigenvalue weighted by molar-refractivity contribution is 7.09. The van der Waals surface area contributed by atoms with Crippen LogP contribution in [0.5, 0.6) is 0 Å². The Kier molecular flexibility index (Phi) is 4.77. The number of amides is 1. The quantitative estimate of drug-likeness (QED) is 0.826. The molecule has 2 fully saturated rings. The molecule has 6 nitrogen and oxygen atoms in total. The molecule has 0 radical (unpaired) electrons. The van der Waals surface area contributed by atoms with Crippen LogP contribution in [0.4, 0.5) is 0 Å². The van der Waals surface area contributed by atoms with Crippen molar-refractivity contribution in [1.29, 1.82) is 0 Å². The monoisotopic (exact) mass is 325 g/mol. The molecule has 22 heavy (non-hydrogen) atoms. The Hall–Kier alpha value is -1.02. The Morgan fingerprint density at radius 2 is 2.14 bits per heavy atom. The number of carbonyl (C=O) groups excluding carboxylic acids is 1. The molecule has 3 heterocycles. The van der Waals surface area contributed by atoms with Crippen molar-refractivity contribution < 1.29 is 14.3 Å². The molecular formula is C15H23N3O3S. The highest BCUT2D eigenvalue weighted by Crippen LogP contribution is 2.24. The van der Waals surface area contributed by atoms with Crippen molar-refractivity contribution in [2.24, 2.45) is 0 Å². The highest BCUT2D eigenvalue weighted by Gasteiger charge is 2.42. The summed E-state index contributed by atoms with van der Waals surface area (Å²) in [6.45, 7) is 9.40. The van der Waals surface area contributed by atoms with Gasteiger partial charge in [-0.25, -0.2) is 4.98 Å². The van der Waals surface area contributed by atoms with Gasteiger partial charge in [-0.1, -0.05) is 0 Å². The number of carbonyl (C=O) groups is 1. The van der Waals surface area contributed by atoms with Gasteiger partial charge < -0.3 is 14.4 Å². The minimum atomic E-state index is -0.756. The van der Waals surface area contributed by atoms with E-state index in [2.05, 4.69) is 9.88 Å². The summed E-state index contributed by atoms with van der Waals surface area (Å²) in [7, 11) is 0. The smallest absolute Gasteiger partial charge is 0.256 e. The Morgan fingerprint density at radius 3 is 2.82 bits per heavy atom. The summed E-state index contributed by atoms with van der Waals surface area (Å²) in [5.74, 6) is 0.0847. The van der Waals surface area contributed by atoms with Crippen LogP contribution in [-0.2, 0) is 20.8 Å². The Labute approximate surface area is 135 Å². The maximum Gasteiger partial charge on any atom is 0.256 e. The predicted molar refractivity (Wildman–Crippen MR) is 83.9 cm³/mol. The van der Waals surface area contributed by atoms with Gasteiger partial charge >= 0.3 is 0 Å². The molecule has 0 N–H and O–H groups in total. The summed E-state index contributed by atoms with van der Waals surface area (Å²) in [6.07, 6.45) is 0. The Morgan fingerprint density at radius 1 is 1.36 bits per heavy atom. The van der Waals surface area contributed by atoms with Gasteiger partial charge in [0.05, 0.1) is 31.0 Å². The molecule has 0 saturated carbocycles. The first-order valence-corrected chi connectivity index (χ1v) is 8.59. The van der Waals surface area contributed by atoms with Gasteiger partial charge in [0, 0.05) is 37.6 Å². The van der Waals surface area contributed by atoms with E-state index in [0.717, 1.165) is 18.8 Å². The van der Waals surface area contributed by atoms with Gasteiger partial charge in [-0.05, 0) is 13.8 Å². The van der Waals surface area contributed by atoms with Crippen LogP contribution >= 0.6 is 11.3 Å². The van der Waals surface area contributed by atoms with Gasteiger partial charge in [0.25, 0.3) is 5.91 Å². The predicted octanol–water partition coefficient (Wildman–Crippen LogP) is 0.901. The van der Waals surface area contributed by atoms with Gasteiger partial charge in [0.1, 0.15) is 0 Å². The average Bonchev–Trinajstić information content (AvgIpc) is 2.93. The lowest BCUT2D eigenvalue weighted by molar-refractivity contribution is -0.171. The molecule has 2 aliphatic heterocycles. The van der Waals surface area contributed by atoms with Crippen molar-refractivity contribution in [2.45, 2.75) is 26.0 Å². The number of nitrogens with zero attached hydrogens (tertiary/aromatic N) is 3. The largest absolute Gasteiger partial charge is 0.378 e. The second kappa shape index (κ2) is 6.62. The van der Waals surface area contributed by atoms with E-state index < -0.39 is 5.60 Å². The summed E-state index contributed by atoms with van der Waals surface area (Å²) in [5, 5.41) is 0. The van der Waals surface area contributed by atoms with Crippen LogP contribution in [0.25, 0.3) is 0 Å². The first-order valence-electron chi connectivity index (χ1n) is 7.71. The number of hydrogen-bond donors (Lipinski definition) is 0. The van der Waals surface area contributed by atoms with Gasteiger partial charge in [-0.15, -0.1) is 11.3 Å². The average molecular weight is 325 g/mol. The van der Waals surface area contributed by atoms with E-state index in [0.29, 0.717) is 39.5 Å². The van der Waals surface area contributed by atoms with Crippen molar-refractivity contribution >= 4 is 17.2 Å². The van der Waals surface area contributed by atoms with E-state index in [4.69, 9.17) is 9.47 Å². The molecule has 1 amide bonds. The summed E-state index contributed by atoms with van der Waals surface area (Å²) in [4.78, 5) is 22.5. The third-order valence-corrected chi connectivity index (χ3v) is 5.24. The lowest BCUT2D eigenvalue weighted by Crippen LogP contribution is -2.60. The maximum atomic E-state index is 12.8. The number of aryl methyl sites for hydroxylation is 1. The topological polar surface area (TPSA) is 54.9 Å². The molecule has 0 aliphatic carbocycles. The molecule has 2 aliphatic rings. The lowest BCUT2D eigenvalue weighted by Gasteiger charge is -2.42. The maximum absolute atomic E-state index is 12.8. The van der Waals surface area contributed by atoms with Crippen LogP contribution in [-0.4, -0.2) is 72.3 Å². The molecule has 0 aromatic carbocycles. The fourth-order valence-corrected chi connectivity index (χ4v) is 3.82. The molecule has 3 rings (SSSR count). The summed E-state index contributed by atoms with van der Waals surface area (Å²) < 4.78 is 11.2. The van der Waals surface area contributed by atoms with Crippen LogP contribution < -0.4 is 0 Å². The second-order valence-electron chi connectivity index (χ2n) is 6.06. The lowest BCUT2D eigenvalue weighted by atomic mass is 10.0. The molecular weight excluding hydrogens is 302 g/mol. The number of morpholine rings is 2.